The standard InChI is InChI=1S/C14H19ClN2O3/c1-4-8(2)12(13(18)19)17-14(20)16-11-7-5-6-10(15)9(11)3/h5-8,12H,4H2,1-3H3,(H,18,19)(H2,16,17,20)/t8?,12-/m0/s1. The first-order valence-electron chi connectivity index (χ1n) is 6.42. The van der Waals surface area contributed by atoms with Crippen LogP contribution in [0.25, 0.3) is 0 Å². The van der Waals surface area contributed by atoms with Crippen LogP contribution in [-0.4, -0.2) is 23.1 Å². The van der Waals surface area contributed by atoms with Crippen LogP contribution in [0.5, 0.6) is 0 Å². The van der Waals surface area contributed by atoms with Crippen LogP contribution >= 0.6 is 11.6 Å². The number of carbonyl (C=O) groups excluding carboxylic acids is 1. The van der Waals surface area contributed by atoms with Crippen molar-refractivity contribution in [3.8, 4) is 0 Å². The summed E-state index contributed by atoms with van der Waals surface area (Å²) in [4.78, 5) is 23.0. The van der Waals surface area contributed by atoms with Crippen molar-refractivity contribution in [2.24, 2.45) is 5.92 Å². The molecule has 0 heterocycles. The zero-order chi connectivity index (χ0) is 15.3. The normalized spacial score (nSPS) is 13.4. The van der Waals surface area contributed by atoms with E-state index in [1.807, 2.05) is 6.92 Å². The molecule has 0 aliphatic carbocycles. The van der Waals surface area contributed by atoms with Gasteiger partial charge in [0.2, 0.25) is 0 Å². The lowest BCUT2D eigenvalue weighted by atomic mass is 9.99. The maximum Gasteiger partial charge on any atom is 0.326 e. The molecular formula is C14H19ClN2O3. The van der Waals surface area contributed by atoms with Gasteiger partial charge in [0.05, 0.1) is 0 Å². The number of aliphatic carboxylic acids is 1. The first-order chi connectivity index (χ1) is 9.36. The van der Waals surface area contributed by atoms with E-state index < -0.39 is 18.0 Å². The smallest absolute Gasteiger partial charge is 0.326 e. The molecule has 1 aromatic carbocycles. The van der Waals surface area contributed by atoms with Crippen molar-refractivity contribution in [1.82, 2.24) is 5.32 Å². The SMILES string of the molecule is CCC(C)[C@H](NC(=O)Nc1cccc(Cl)c1C)C(=O)O. The number of rotatable bonds is 5. The van der Waals surface area contributed by atoms with Crippen LogP contribution in [0.2, 0.25) is 5.02 Å². The summed E-state index contributed by atoms with van der Waals surface area (Å²) in [5.41, 5.74) is 1.29. The van der Waals surface area contributed by atoms with Crippen molar-refractivity contribution in [1.29, 1.82) is 0 Å². The Kier molecular flexibility index (Phi) is 5.82. The third kappa shape index (κ3) is 4.13. The molecule has 20 heavy (non-hydrogen) atoms. The van der Waals surface area contributed by atoms with Gasteiger partial charge >= 0.3 is 12.0 Å². The lowest BCUT2D eigenvalue weighted by molar-refractivity contribution is -0.140. The summed E-state index contributed by atoms with van der Waals surface area (Å²) < 4.78 is 0. The molecule has 0 aromatic heterocycles. The molecule has 1 unspecified atom stereocenters. The topological polar surface area (TPSA) is 78.4 Å². The molecule has 0 saturated carbocycles. The highest BCUT2D eigenvalue weighted by atomic mass is 35.5. The second-order valence-corrected chi connectivity index (χ2v) is 5.12. The van der Waals surface area contributed by atoms with Gasteiger partial charge in [-0.3, -0.25) is 0 Å². The minimum Gasteiger partial charge on any atom is -0.480 e. The average Bonchev–Trinajstić information content (AvgIpc) is 2.40. The first kappa shape index (κ1) is 16.3. The monoisotopic (exact) mass is 298 g/mol. The number of amides is 2. The summed E-state index contributed by atoms with van der Waals surface area (Å²) >= 11 is 5.96. The van der Waals surface area contributed by atoms with Crippen molar-refractivity contribution in [3.05, 3.63) is 28.8 Å². The van der Waals surface area contributed by atoms with E-state index in [0.29, 0.717) is 17.1 Å². The first-order valence-corrected chi connectivity index (χ1v) is 6.80. The number of anilines is 1. The Morgan fingerprint density at radius 2 is 2.05 bits per heavy atom. The molecule has 0 aliphatic rings. The highest BCUT2D eigenvalue weighted by molar-refractivity contribution is 6.31. The Balaban J connectivity index is 2.76. The van der Waals surface area contributed by atoms with Gasteiger partial charge in [0.25, 0.3) is 0 Å². The van der Waals surface area contributed by atoms with Crippen molar-refractivity contribution < 1.29 is 14.7 Å². The van der Waals surface area contributed by atoms with E-state index in [1.165, 1.54) is 0 Å². The highest BCUT2D eigenvalue weighted by Gasteiger charge is 2.25. The summed E-state index contributed by atoms with van der Waals surface area (Å²) in [5.74, 6) is -1.20. The van der Waals surface area contributed by atoms with E-state index in [2.05, 4.69) is 10.6 Å². The summed E-state index contributed by atoms with van der Waals surface area (Å²) in [6.07, 6.45) is 0.660. The molecule has 2 atom stereocenters. The number of benzene rings is 1. The van der Waals surface area contributed by atoms with Crippen LogP contribution in [0.4, 0.5) is 10.5 Å². The Morgan fingerprint density at radius 1 is 1.40 bits per heavy atom. The predicted molar refractivity (Wildman–Crippen MR) is 79.2 cm³/mol. The van der Waals surface area contributed by atoms with Gasteiger partial charge in [0, 0.05) is 10.7 Å². The van der Waals surface area contributed by atoms with E-state index in [9.17, 15) is 9.59 Å². The third-order valence-corrected chi connectivity index (χ3v) is 3.69. The quantitative estimate of drug-likeness (QED) is 0.780. The number of halogens is 1. The van der Waals surface area contributed by atoms with Crippen molar-refractivity contribution in [3.63, 3.8) is 0 Å². The number of carboxylic acids is 1. The van der Waals surface area contributed by atoms with Crippen molar-refractivity contribution >= 4 is 29.3 Å². The number of hydrogen-bond donors (Lipinski definition) is 3. The summed E-state index contributed by atoms with van der Waals surface area (Å²) in [6, 6.07) is 3.68. The largest absolute Gasteiger partial charge is 0.480 e. The number of carbonyl (C=O) groups is 2. The maximum absolute atomic E-state index is 11.9. The molecule has 110 valence electrons. The summed E-state index contributed by atoms with van der Waals surface area (Å²) in [6.45, 7) is 5.44. The van der Waals surface area contributed by atoms with Crippen LogP contribution in [0.15, 0.2) is 18.2 Å². The van der Waals surface area contributed by atoms with E-state index in [1.54, 1.807) is 32.0 Å². The van der Waals surface area contributed by atoms with Gasteiger partial charge < -0.3 is 15.7 Å². The van der Waals surface area contributed by atoms with E-state index in [-0.39, 0.29) is 5.92 Å². The van der Waals surface area contributed by atoms with Gasteiger partial charge in [0.1, 0.15) is 6.04 Å². The fourth-order valence-corrected chi connectivity index (χ4v) is 1.90. The number of nitrogens with one attached hydrogen (secondary N) is 2. The average molecular weight is 299 g/mol. The van der Waals surface area contributed by atoms with Gasteiger partial charge in [-0.1, -0.05) is 37.9 Å². The molecule has 2 amide bonds. The molecule has 6 heteroatoms. The Bertz CT molecular complexity index is 505. The molecule has 0 radical (unpaired) electrons. The minimum atomic E-state index is -1.04. The van der Waals surface area contributed by atoms with Gasteiger partial charge in [-0.2, -0.15) is 0 Å². The fraction of sp³-hybridized carbons (Fsp3) is 0.429. The third-order valence-electron chi connectivity index (χ3n) is 3.28. The summed E-state index contributed by atoms with van der Waals surface area (Å²) in [5, 5.41) is 14.8. The van der Waals surface area contributed by atoms with E-state index in [0.717, 1.165) is 5.56 Å². The molecule has 0 saturated heterocycles. The molecular weight excluding hydrogens is 280 g/mol. The van der Waals surface area contributed by atoms with E-state index >= 15 is 0 Å². The summed E-state index contributed by atoms with van der Waals surface area (Å²) in [7, 11) is 0. The lowest BCUT2D eigenvalue weighted by Crippen LogP contribution is -2.46. The fourth-order valence-electron chi connectivity index (χ4n) is 1.73. The molecule has 1 rings (SSSR count). The van der Waals surface area contributed by atoms with Crippen LogP contribution < -0.4 is 10.6 Å². The van der Waals surface area contributed by atoms with Gasteiger partial charge in [-0.05, 0) is 30.5 Å². The highest BCUT2D eigenvalue weighted by Crippen LogP contribution is 2.22. The second-order valence-electron chi connectivity index (χ2n) is 4.71. The van der Waals surface area contributed by atoms with Gasteiger partial charge in [-0.25, -0.2) is 9.59 Å². The maximum atomic E-state index is 11.9. The van der Waals surface area contributed by atoms with Crippen LogP contribution in [0.3, 0.4) is 0 Å². The molecule has 5 nitrogen and oxygen atoms in total. The number of carboxylic acid groups (broad SMARTS) is 1. The van der Waals surface area contributed by atoms with E-state index in [4.69, 9.17) is 16.7 Å². The van der Waals surface area contributed by atoms with Crippen LogP contribution in [0, 0.1) is 12.8 Å². The molecule has 0 fully saturated rings. The number of hydrogen-bond acceptors (Lipinski definition) is 2. The van der Waals surface area contributed by atoms with Crippen molar-refractivity contribution in [2.45, 2.75) is 33.2 Å². The zero-order valence-corrected chi connectivity index (χ0v) is 12.5. The Hall–Kier alpha value is -1.75. The predicted octanol–water partition coefficient (Wildman–Crippen LogP) is 3.27. The molecule has 0 bridgehead atoms. The second kappa shape index (κ2) is 7.14. The molecule has 1 aromatic rings. The Morgan fingerprint density at radius 3 is 2.60 bits per heavy atom. The zero-order valence-electron chi connectivity index (χ0n) is 11.7. The van der Waals surface area contributed by atoms with Crippen LogP contribution in [0.1, 0.15) is 25.8 Å². The van der Waals surface area contributed by atoms with Crippen LogP contribution in [-0.2, 0) is 4.79 Å². The van der Waals surface area contributed by atoms with Gasteiger partial charge in [0.15, 0.2) is 0 Å². The van der Waals surface area contributed by atoms with Gasteiger partial charge in [-0.15, -0.1) is 0 Å². The lowest BCUT2D eigenvalue weighted by Gasteiger charge is -2.20. The molecule has 3 N–H and O–H groups in total. The molecule has 0 aliphatic heterocycles. The Labute approximate surface area is 123 Å². The van der Waals surface area contributed by atoms with Crippen molar-refractivity contribution in [2.75, 3.05) is 5.32 Å². The number of urea groups is 1. The molecule has 0 spiro atoms. The minimum absolute atomic E-state index is 0.154.